The molecule has 43 heavy (non-hydrogen) atoms. The Morgan fingerprint density at radius 3 is 1.93 bits per heavy atom. The summed E-state index contributed by atoms with van der Waals surface area (Å²) in [5, 5.41) is 5.00. The Balaban J connectivity index is 0.000000174. The van der Waals surface area contributed by atoms with Crippen LogP contribution >= 0.6 is 0 Å². The Bertz CT molecular complexity index is 1890. The average molecular weight is 734 g/mol. The van der Waals surface area contributed by atoms with Gasteiger partial charge in [0.2, 0.25) is 0 Å². The number of pyridine rings is 3. The van der Waals surface area contributed by atoms with Gasteiger partial charge in [0.05, 0.1) is 5.69 Å². The van der Waals surface area contributed by atoms with Crippen LogP contribution in [0.25, 0.3) is 55.3 Å². The van der Waals surface area contributed by atoms with Crippen LogP contribution in [0.4, 0.5) is 0 Å². The number of aromatic nitrogens is 3. The molecular formula is C39H31IrN3-2. The van der Waals surface area contributed by atoms with E-state index >= 15 is 0 Å². The average Bonchev–Trinajstić information content (AvgIpc) is 3.05. The first-order valence-corrected chi connectivity index (χ1v) is 14.1. The Morgan fingerprint density at radius 2 is 1.23 bits per heavy atom. The van der Waals surface area contributed by atoms with Crippen molar-refractivity contribution in [3.63, 3.8) is 0 Å². The second kappa shape index (κ2) is 13.2. The van der Waals surface area contributed by atoms with Crippen molar-refractivity contribution in [1.29, 1.82) is 0 Å². The first-order chi connectivity index (χ1) is 20.5. The van der Waals surface area contributed by atoms with E-state index in [4.69, 9.17) is 0 Å². The van der Waals surface area contributed by atoms with Crippen LogP contribution in [0, 0.1) is 12.1 Å². The van der Waals surface area contributed by atoms with Crippen LogP contribution in [0.15, 0.2) is 134 Å². The number of benzene rings is 4. The van der Waals surface area contributed by atoms with Crippen molar-refractivity contribution in [2.75, 3.05) is 0 Å². The molecule has 7 rings (SSSR count). The summed E-state index contributed by atoms with van der Waals surface area (Å²) in [6.45, 7) is 6.62. The van der Waals surface area contributed by atoms with Gasteiger partial charge in [0.25, 0.3) is 0 Å². The van der Waals surface area contributed by atoms with Crippen LogP contribution in [0.5, 0.6) is 0 Å². The molecule has 7 aromatic rings. The summed E-state index contributed by atoms with van der Waals surface area (Å²) in [5.74, 6) is 0. The minimum absolute atomic E-state index is 0. The van der Waals surface area contributed by atoms with Crippen LogP contribution < -0.4 is 0 Å². The van der Waals surface area contributed by atoms with Gasteiger partial charge >= 0.3 is 0 Å². The van der Waals surface area contributed by atoms with Gasteiger partial charge in [-0.05, 0) is 46.0 Å². The fourth-order valence-electron chi connectivity index (χ4n) is 4.92. The van der Waals surface area contributed by atoms with Crippen molar-refractivity contribution in [1.82, 2.24) is 15.0 Å². The smallest absolute Gasteiger partial charge is 0.0518 e. The first kappa shape index (κ1) is 30.0. The molecule has 3 aromatic heterocycles. The maximum atomic E-state index is 4.65. The maximum Gasteiger partial charge on any atom is 0.0518 e. The summed E-state index contributed by atoms with van der Waals surface area (Å²) in [6, 6.07) is 45.7. The molecule has 0 N–H and O–H groups in total. The fourth-order valence-corrected chi connectivity index (χ4v) is 4.92. The van der Waals surface area contributed by atoms with Crippen LogP contribution in [0.3, 0.4) is 0 Å². The van der Waals surface area contributed by atoms with E-state index in [1.54, 1.807) is 12.4 Å². The van der Waals surface area contributed by atoms with Crippen LogP contribution in [-0.4, -0.2) is 15.0 Å². The zero-order valence-electron chi connectivity index (χ0n) is 24.4. The molecule has 0 atom stereocenters. The van der Waals surface area contributed by atoms with E-state index in [0.717, 1.165) is 33.8 Å². The van der Waals surface area contributed by atoms with Gasteiger partial charge in [0.15, 0.2) is 0 Å². The van der Waals surface area contributed by atoms with Gasteiger partial charge < -0.3 is 9.97 Å². The molecule has 4 heteroatoms. The Hall–Kier alpha value is -4.50. The van der Waals surface area contributed by atoms with Gasteiger partial charge in [-0.15, -0.1) is 59.0 Å². The Morgan fingerprint density at radius 1 is 0.558 bits per heavy atom. The normalized spacial score (nSPS) is 11.0. The molecule has 213 valence electrons. The second-order valence-electron chi connectivity index (χ2n) is 11.2. The molecule has 1 radical (unpaired) electrons. The fraction of sp³-hybridized carbons (Fsp3) is 0.103. The molecule has 0 aliphatic carbocycles. The van der Waals surface area contributed by atoms with E-state index in [-0.39, 0.29) is 25.5 Å². The number of rotatable bonds is 3. The van der Waals surface area contributed by atoms with Gasteiger partial charge in [-0.25, -0.2) is 0 Å². The maximum absolute atomic E-state index is 4.65. The predicted molar refractivity (Wildman–Crippen MR) is 174 cm³/mol. The molecule has 0 spiro atoms. The van der Waals surface area contributed by atoms with E-state index in [1.165, 1.54) is 27.1 Å². The van der Waals surface area contributed by atoms with Crippen molar-refractivity contribution in [3.05, 3.63) is 152 Å². The quantitative estimate of drug-likeness (QED) is 0.134. The largest absolute Gasteiger partial charge is 0.305 e. The zero-order valence-corrected chi connectivity index (χ0v) is 26.8. The molecule has 0 unspecified atom stereocenters. The molecule has 0 aliphatic heterocycles. The summed E-state index contributed by atoms with van der Waals surface area (Å²) < 4.78 is 0. The third-order valence-electron chi connectivity index (χ3n) is 7.28. The molecule has 4 aromatic carbocycles. The van der Waals surface area contributed by atoms with Gasteiger partial charge in [-0.1, -0.05) is 104 Å². The van der Waals surface area contributed by atoms with Gasteiger partial charge in [-0.2, -0.15) is 0 Å². The molecule has 0 saturated carbocycles. The second-order valence-corrected chi connectivity index (χ2v) is 11.2. The first-order valence-electron chi connectivity index (χ1n) is 14.1. The summed E-state index contributed by atoms with van der Waals surface area (Å²) >= 11 is 0. The molecule has 0 amide bonds. The van der Waals surface area contributed by atoms with Crippen molar-refractivity contribution < 1.29 is 20.1 Å². The Labute approximate surface area is 267 Å². The molecule has 3 heterocycles. The summed E-state index contributed by atoms with van der Waals surface area (Å²) in [7, 11) is 0. The monoisotopic (exact) mass is 734 g/mol. The summed E-state index contributed by atoms with van der Waals surface area (Å²) in [5.41, 5.74) is 7.33. The third kappa shape index (κ3) is 6.94. The Kier molecular flexibility index (Phi) is 9.21. The summed E-state index contributed by atoms with van der Waals surface area (Å²) in [4.78, 5) is 13.3. The predicted octanol–water partition coefficient (Wildman–Crippen LogP) is 9.76. The number of fused-ring (bicyclic) bond motifs is 3. The van der Waals surface area contributed by atoms with E-state index in [2.05, 4.69) is 115 Å². The van der Waals surface area contributed by atoms with E-state index in [9.17, 15) is 0 Å². The van der Waals surface area contributed by atoms with Crippen molar-refractivity contribution >= 4 is 21.5 Å². The SMILES string of the molecule is CC(C)(C)c1ccc(-c2[c-]cc3c(ccc4ccccc43)c2)nc1.[Ir].[c-]1ccc(-c2ccccn2)cc1-c1ccccn1. The van der Waals surface area contributed by atoms with E-state index in [0.29, 0.717) is 0 Å². The van der Waals surface area contributed by atoms with E-state index < -0.39 is 0 Å². The number of nitrogens with zero attached hydrogens (tertiary/aromatic N) is 3. The standard InChI is InChI=1S/C23H20N.C16H11N2.Ir/c1-23(2,3)19-11-13-22(24-15-19)18-10-12-21-17(14-18)9-8-16-6-4-5-7-20(16)21;1-3-10-17-15(8-1)13-6-5-7-14(12-13)16-9-2-4-11-18-16;/h4-9,11-15H,1-3H3;1-6,8-12H;/q2*-1;. The zero-order chi connectivity index (χ0) is 28.9. The number of hydrogen-bond donors (Lipinski definition) is 0. The van der Waals surface area contributed by atoms with Crippen molar-refractivity contribution in [2.45, 2.75) is 26.2 Å². The van der Waals surface area contributed by atoms with Crippen molar-refractivity contribution in [3.8, 4) is 33.8 Å². The van der Waals surface area contributed by atoms with E-state index in [1.807, 2.05) is 54.7 Å². The van der Waals surface area contributed by atoms with Gasteiger partial charge in [0.1, 0.15) is 0 Å². The summed E-state index contributed by atoms with van der Waals surface area (Å²) in [6.07, 6.45) is 5.57. The molecule has 0 saturated heterocycles. The minimum atomic E-state index is 0. The molecule has 0 aliphatic rings. The third-order valence-corrected chi connectivity index (χ3v) is 7.28. The number of hydrogen-bond acceptors (Lipinski definition) is 3. The molecule has 0 fully saturated rings. The van der Waals surface area contributed by atoms with Crippen LogP contribution in [-0.2, 0) is 25.5 Å². The van der Waals surface area contributed by atoms with Gasteiger partial charge in [0, 0.05) is 38.7 Å². The van der Waals surface area contributed by atoms with Gasteiger partial charge in [-0.3, -0.25) is 4.98 Å². The topological polar surface area (TPSA) is 38.7 Å². The molecule has 0 bridgehead atoms. The molecular weight excluding hydrogens is 703 g/mol. The minimum Gasteiger partial charge on any atom is -0.305 e. The van der Waals surface area contributed by atoms with Crippen LogP contribution in [0.2, 0.25) is 0 Å². The molecule has 3 nitrogen and oxygen atoms in total. The van der Waals surface area contributed by atoms with Crippen LogP contribution in [0.1, 0.15) is 26.3 Å². The van der Waals surface area contributed by atoms with Crippen molar-refractivity contribution in [2.24, 2.45) is 0 Å².